The zero-order chi connectivity index (χ0) is 6.95. The van der Waals surface area contributed by atoms with Gasteiger partial charge in [0.15, 0.2) is 0 Å². The lowest BCUT2D eigenvalue weighted by atomic mass is 10.5. The van der Waals surface area contributed by atoms with Gasteiger partial charge in [0.1, 0.15) is 0 Å². The average molecular weight is 148 g/mol. The summed E-state index contributed by atoms with van der Waals surface area (Å²) in [6.45, 7) is 1.93. The normalized spacial score (nSPS) is 10.0. The predicted octanol–water partition coefficient (Wildman–Crippen LogP) is 0.288. The smallest absolute Gasteiger partial charge is 0.00558 e. The molecule has 0 aromatic carbocycles. The molecule has 0 aromatic rings. The van der Waals surface area contributed by atoms with E-state index >= 15 is 0 Å². The van der Waals surface area contributed by atoms with Gasteiger partial charge in [-0.25, -0.2) is 0 Å². The van der Waals surface area contributed by atoms with Crippen LogP contribution in [0.2, 0.25) is 0 Å². The molecule has 0 aliphatic rings. The van der Waals surface area contributed by atoms with Gasteiger partial charge in [-0.3, -0.25) is 0 Å². The van der Waals surface area contributed by atoms with E-state index in [1.54, 1.807) is 0 Å². The van der Waals surface area contributed by atoms with Crippen LogP contribution in [0.5, 0.6) is 0 Å². The molecule has 0 radical (unpaired) electrons. The number of rotatable bonds is 6. The predicted molar refractivity (Wildman–Crippen MR) is 44.9 cm³/mol. The summed E-state index contributed by atoms with van der Waals surface area (Å²) in [7, 11) is 1.98. The first-order chi connectivity index (χ1) is 4.41. The third kappa shape index (κ3) is 8.27. The molecule has 0 atom stereocenters. The second kappa shape index (κ2) is 8.27. The fraction of sp³-hybridized carbons (Fsp3) is 1.00. The van der Waals surface area contributed by atoms with Crippen LogP contribution < -0.4 is 11.1 Å². The maximum atomic E-state index is 5.31. The Morgan fingerprint density at radius 2 is 2.22 bits per heavy atom. The minimum Gasteiger partial charge on any atom is -0.330 e. The van der Waals surface area contributed by atoms with E-state index in [2.05, 4.69) is 5.32 Å². The fourth-order valence-electron chi connectivity index (χ4n) is 0.536. The standard InChI is InChI=1S/C6H16N2S/c1-8-4-2-5-9-6-3-7/h8H,2-7H2,1H3. The van der Waals surface area contributed by atoms with Crippen LogP contribution in [0.3, 0.4) is 0 Å². The maximum absolute atomic E-state index is 5.31. The van der Waals surface area contributed by atoms with Crippen molar-refractivity contribution >= 4 is 11.8 Å². The van der Waals surface area contributed by atoms with Gasteiger partial charge in [0.25, 0.3) is 0 Å². The monoisotopic (exact) mass is 148 g/mol. The van der Waals surface area contributed by atoms with Crippen molar-refractivity contribution in [3.05, 3.63) is 0 Å². The summed E-state index contributed by atoms with van der Waals surface area (Å²) in [6, 6.07) is 0. The van der Waals surface area contributed by atoms with Crippen molar-refractivity contribution in [2.45, 2.75) is 6.42 Å². The van der Waals surface area contributed by atoms with Crippen LogP contribution in [-0.2, 0) is 0 Å². The first-order valence-corrected chi connectivity index (χ1v) is 4.49. The Balaban J connectivity index is 2.60. The second-order valence-corrected chi connectivity index (χ2v) is 3.08. The summed E-state index contributed by atoms with van der Waals surface area (Å²) in [5.74, 6) is 2.34. The van der Waals surface area contributed by atoms with Crippen LogP contribution in [0.25, 0.3) is 0 Å². The Labute approximate surface area is 61.6 Å². The van der Waals surface area contributed by atoms with Crippen molar-refractivity contribution in [1.29, 1.82) is 0 Å². The molecule has 3 N–H and O–H groups in total. The summed E-state index contributed by atoms with van der Waals surface area (Å²) < 4.78 is 0. The van der Waals surface area contributed by atoms with Gasteiger partial charge >= 0.3 is 0 Å². The van der Waals surface area contributed by atoms with Crippen LogP contribution in [0.1, 0.15) is 6.42 Å². The Kier molecular flexibility index (Phi) is 8.52. The largest absolute Gasteiger partial charge is 0.330 e. The molecule has 0 fully saturated rings. The van der Waals surface area contributed by atoms with Crippen LogP contribution in [0, 0.1) is 0 Å². The van der Waals surface area contributed by atoms with E-state index in [1.807, 2.05) is 18.8 Å². The molecule has 3 heteroatoms. The lowest BCUT2D eigenvalue weighted by Crippen LogP contribution is -2.09. The molecular weight excluding hydrogens is 132 g/mol. The first kappa shape index (κ1) is 9.27. The summed E-state index contributed by atoms with van der Waals surface area (Å²) >= 11 is 1.93. The molecule has 0 saturated heterocycles. The minimum atomic E-state index is 0.810. The van der Waals surface area contributed by atoms with Crippen molar-refractivity contribution in [1.82, 2.24) is 5.32 Å². The van der Waals surface area contributed by atoms with Gasteiger partial charge in [-0.05, 0) is 25.8 Å². The summed E-state index contributed by atoms with van der Waals surface area (Å²) in [5.41, 5.74) is 5.31. The molecular formula is C6H16N2S. The fourth-order valence-corrected chi connectivity index (χ4v) is 1.26. The minimum absolute atomic E-state index is 0.810. The lowest BCUT2D eigenvalue weighted by molar-refractivity contribution is 0.778. The SMILES string of the molecule is CNCCCSCCN. The summed E-state index contributed by atoms with van der Waals surface area (Å²) in [6.07, 6.45) is 1.25. The molecule has 2 nitrogen and oxygen atoms in total. The van der Waals surface area contributed by atoms with Gasteiger partial charge in [0, 0.05) is 12.3 Å². The number of hydrogen-bond donors (Lipinski definition) is 2. The third-order valence-corrected chi connectivity index (χ3v) is 2.08. The number of hydrogen-bond acceptors (Lipinski definition) is 3. The van der Waals surface area contributed by atoms with Gasteiger partial charge < -0.3 is 11.1 Å². The van der Waals surface area contributed by atoms with Crippen molar-refractivity contribution in [3.63, 3.8) is 0 Å². The molecule has 0 aliphatic carbocycles. The number of thioether (sulfide) groups is 1. The van der Waals surface area contributed by atoms with Crippen molar-refractivity contribution in [2.75, 3.05) is 31.6 Å². The molecule has 0 bridgehead atoms. The zero-order valence-electron chi connectivity index (χ0n) is 6.02. The number of nitrogens with two attached hydrogens (primary N) is 1. The highest BCUT2D eigenvalue weighted by molar-refractivity contribution is 7.99. The highest BCUT2D eigenvalue weighted by Crippen LogP contribution is 1.98. The second-order valence-electron chi connectivity index (χ2n) is 1.86. The van der Waals surface area contributed by atoms with E-state index in [4.69, 9.17) is 5.73 Å². The topological polar surface area (TPSA) is 38.0 Å². The van der Waals surface area contributed by atoms with E-state index in [9.17, 15) is 0 Å². The van der Waals surface area contributed by atoms with E-state index in [0.717, 1.165) is 18.8 Å². The van der Waals surface area contributed by atoms with E-state index in [1.165, 1.54) is 12.2 Å². The van der Waals surface area contributed by atoms with Gasteiger partial charge in [-0.15, -0.1) is 0 Å². The molecule has 0 saturated carbocycles. The molecule has 0 unspecified atom stereocenters. The Bertz CT molecular complexity index is 44.3. The quantitative estimate of drug-likeness (QED) is 0.532. The highest BCUT2D eigenvalue weighted by Gasteiger charge is 1.85. The summed E-state index contributed by atoms with van der Waals surface area (Å²) in [4.78, 5) is 0. The molecule has 0 rings (SSSR count). The number of nitrogens with one attached hydrogen (secondary N) is 1. The highest BCUT2D eigenvalue weighted by atomic mass is 32.2. The zero-order valence-corrected chi connectivity index (χ0v) is 6.84. The molecule has 56 valence electrons. The molecule has 0 spiro atoms. The molecule has 0 aliphatic heterocycles. The van der Waals surface area contributed by atoms with Gasteiger partial charge in [-0.2, -0.15) is 11.8 Å². The van der Waals surface area contributed by atoms with Crippen molar-refractivity contribution in [3.8, 4) is 0 Å². The maximum Gasteiger partial charge on any atom is 0.00558 e. The van der Waals surface area contributed by atoms with E-state index < -0.39 is 0 Å². The van der Waals surface area contributed by atoms with Crippen LogP contribution in [-0.4, -0.2) is 31.6 Å². The van der Waals surface area contributed by atoms with Crippen molar-refractivity contribution in [2.24, 2.45) is 5.73 Å². The molecule has 0 aromatic heterocycles. The Morgan fingerprint density at radius 1 is 1.44 bits per heavy atom. The van der Waals surface area contributed by atoms with Crippen molar-refractivity contribution < 1.29 is 0 Å². The van der Waals surface area contributed by atoms with Gasteiger partial charge in [0.05, 0.1) is 0 Å². The third-order valence-electron chi connectivity index (χ3n) is 0.978. The van der Waals surface area contributed by atoms with Gasteiger partial charge in [-0.1, -0.05) is 0 Å². The summed E-state index contributed by atoms with van der Waals surface area (Å²) in [5, 5.41) is 3.10. The van der Waals surface area contributed by atoms with Gasteiger partial charge in [0.2, 0.25) is 0 Å². The van der Waals surface area contributed by atoms with Crippen LogP contribution >= 0.6 is 11.8 Å². The van der Waals surface area contributed by atoms with E-state index in [-0.39, 0.29) is 0 Å². The first-order valence-electron chi connectivity index (χ1n) is 3.34. The molecule has 0 heterocycles. The lowest BCUT2D eigenvalue weighted by Gasteiger charge is -1.97. The van der Waals surface area contributed by atoms with Crippen LogP contribution in [0.15, 0.2) is 0 Å². The molecule has 0 amide bonds. The Hall–Kier alpha value is 0.270. The average Bonchev–Trinajstić information content (AvgIpc) is 1.89. The van der Waals surface area contributed by atoms with E-state index in [0.29, 0.717) is 0 Å². The molecule has 9 heavy (non-hydrogen) atoms. The van der Waals surface area contributed by atoms with Crippen LogP contribution in [0.4, 0.5) is 0 Å². The Morgan fingerprint density at radius 3 is 2.78 bits per heavy atom.